The zero-order valence-corrected chi connectivity index (χ0v) is 16.3. The molecule has 0 radical (unpaired) electrons. The van der Waals surface area contributed by atoms with Crippen LogP contribution in [0.5, 0.6) is 0 Å². The van der Waals surface area contributed by atoms with Gasteiger partial charge in [-0.05, 0) is 25.1 Å². The molecule has 0 aliphatic carbocycles. The second kappa shape index (κ2) is 8.97. The topological polar surface area (TPSA) is 52.6 Å². The highest BCUT2D eigenvalue weighted by Gasteiger charge is 2.19. The number of benzene rings is 2. The Morgan fingerprint density at radius 2 is 1.68 bits per heavy atom. The minimum absolute atomic E-state index is 0.00823. The highest BCUT2D eigenvalue weighted by atomic mass is 35.5. The second-order valence-corrected chi connectivity index (χ2v) is 7.03. The summed E-state index contributed by atoms with van der Waals surface area (Å²) < 4.78 is 0. The number of amides is 1. The van der Waals surface area contributed by atoms with E-state index in [1.807, 2.05) is 30.3 Å². The fraction of sp³-hybridized carbons (Fsp3) is 0.235. The Hall–Kier alpha value is -1.17. The number of para-hydroxylation sites is 1. The lowest BCUT2D eigenvalue weighted by Crippen LogP contribution is -2.37. The van der Waals surface area contributed by atoms with Crippen molar-refractivity contribution in [1.82, 2.24) is 0 Å². The number of hydrogen-bond acceptors (Lipinski definition) is 3. The van der Waals surface area contributed by atoms with Crippen LogP contribution in [-0.2, 0) is 4.79 Å². The third-order valence-electron chi connectivity index (χ3n) is 3.32. The highest BCUT2D eigenvalue weighted by Crippen LogP contribution is 2.41. The van der Waals surface area contributed by atoms with E-state index in [4.69, 9.17) is 46.4 Å². The molecular weight excluding hydrogens is 406 g/mol. The van der Waals surface area contributed by atoms with Gasteiger partial charge in [-0.3, -0.25) is 4.79 Å². The van der Waals surface area contributed by atoms with Gasteiger partial charge in [-0.2, -0.15) is 0 Å². The minimum atomic E-state index is -0.610. The van der Waals surface area contributed by atoms with Gasteiger partial charge in [0.15, 0.2) is 0 Å². The van der Waals surface area contributed by atoms with E-state index in [1.165, 1.54) is 6.07 Å². The number of aliphatic hydroxyl groups excluding tert-OH is 1. The van der Waals surface area contributed by atoms with Crippen molar-refractivity contribution < 1.29 is 9.90 Å². The number of halogens is 4. The lowest BCUT2D eigenvalue weighted by molar-refractivity contribution is -0.115. The van der Waals surface area contributed by atoms with Crippen molar-refractivity contribution >= 4 is 63.7 Å². The number of rotatable bonds is 6. The van der Waals surface area contributed by atoms with Crippen LogP contribution < -0.4 is 10.2 Å². The Morgan fingerprint density at radius 1 is 1.12 bits per heavy atom. The van der Waals surface area contributed by atoms with Crippen LogP contribution in [-0.4, -0.2) is 30.2 Å². The van der Waals surface area contributed by atoms with Crippen LogP contribution in [0.25, 0.3) is 0 Å². The van der Waals surface area contributed by atoms with Crippen LogP contribution in [0.3, 0.4) is 0 Å². The maximum Gasteiger partial charge on any atom is 0.243 e. The molecule has 0 aliphatic heterocycles. The van der Waals surface area contributed by atoms with Gasteiger partial charge in [0, 0.05) is 12.2 Å². The first-order valence-electron chi connectivity index (χ1n) is 7.40. The van der Waals surface area contributed by atoms with Crippen LogP contribution in [0.15, 0.2) is 36.4 Å². The molecule has 0 saturated heterocycles. The van der Waals surface area contributed by atoms with E-state index in [9.17, 15) is 9.90 Å². The van der Waals surface area contributed by atoms with Gasteiger partial charge in [-0.15, -0.1) is 0 Å². The zero-order valence-electron chi connectivity index (χ0n) is 13.3. The fourth-order valence-electron chi connectivity index (χ4n) is 2.25. The smallest absolute Gasteiger partial charge is 0.243 e. The van der Waals surface area contributed by atoms with Gasteiger partial charge in [0.2, 0.25) is 5.91 Å². The van der Waals surface area contributed by atoms with E-state index >= 15 is 0 Å². The van der Waals surface area contributed by atoms with Crippen molar-refractivity contribution in [2.75, 3.05) is 23.3 Å². The lowest BCUT2D eigenvalue weighted by atomic mass is 10.2. The van der Waals surface area contributed by atoms with Crippen LogP contribution in [0.4, 0.5) is 11.4 Å². The van der Waals surface area contributed by atoms with Crippen molar-refractivity contribution in [2.45, 2.75) is 13.0 Å². The standard InChI is InChI=1S/C17H16Cl4N2O2/c1-10(24)8-23(11-5-3-2-4-6-11)9-14(25)22-17-15(20)12(18)7-13(19)16(17)21/h2-7,10,24H,8-9H2,1H3,(H,22,25). The van der Waals surface area contributed by atoms with E-state index in [2.05, 4.69) is 5.32 Å². The Morgan fingerprint density at radius 3 is 2.20 bits per heavy atom. The largest absolute Gasteiger partial charge is 0.392 e. The van der Waals surface area contributed by atoms with Gasteiger partial charge < -0.3 is 15.3 Å². The molecule has 134 valence electrons. The van der Waals surface area contributed by atoms with Crippen molar-refractivity contribution in [3.8, 4) is 0 Å². The number of aliphatic hydroxyl groups is 1. The van der Waals surface area contributed by atoms with Crippen molar-refractivity contribution in [1.29, 1.82) is 0 Å². The average Bonchev–Trinajstić information content (AvgIpc) is 2.57. The molecular formula is C17H16Cl4N2O2. The van der Waals surface area contributed by atoms with Gasteiger partial charge >= 0.3 is 0 Å². The normalized spacial score (nSPS) is 11.9. The molecule has 0 spiro atoms. The van der Waals surface area contributed by atoms with Crippen molar-refractivity contribution in [2.24, 2.45) is 0 Å². The average molecular weight is 422 g/mol. The number of carbonyl (C=O) groups excluding carboxylic acids is 1. The molecule has 0 bridgehead atoms. The minimum Gasteiger partial charge on any atom is -0.392 e. The van der Waals surface area contributed by atoms with Gasteiger partial charge in [-0.25, -0.2) is 0 Å². The third kappa shape index (κ3) is 5.40. The van der Waals surface area contributed by atoms with Crippen LogP contribution in [0.1, 0.15) is 6.92 Å². The summed E-state index contributed by atoms with van der Waals surface area (Å²) in [5.74, 6) is -0.369. The summed E-state index contributed by atoms with van der Waals surface area (Å²) in [5.41, 5.74) is 0.968. The van der Waals surface area contributed by atoms with E-state index in [0.29, 0.717) is 0 Å². The molecule has 25 heavy (non-hydrogen) atoms. The summed E-state index contributed by atoms with van der Waals surface area (Å²) in [6.45, 7) is 1.93. The summed E-state index contributed by atoms with van der Waals surface area (Å²) in [5, 5.41) is 12.9. The number of anilines is 2. The van der Waals surface area contributed by atoms with E-state index < -0.39 is 6.10 Å². The molecule has 0 aliphatic rings. The predicted molar refractivity (Wildman–Crippen MR) is 105 cm³/mol. The molecule has 0 aromatic heterocycles. The monoisotopic (exact) mass is 420 g/mol. The Balaban J connectivity index is 2.20. The first kappa shape index (κ1) is 20.1. The maximum atomic E-state index is 12.5. The molecule has 1 amide bonds. The van der Waals surface area contributed by atoms with Gasteiger partial charge in [-0.1, -0.05) is 64.6 Å². The quantitative estimate of drug-likeness (QED) is 0.636. The molecule has 1 unspecified atom stereocenters. The molecule has 1 atom stereocenters. The SMILES string of the molecule is CC(O)CN(CC(=O)Nc1c(Cl)c(Cl)cc(Cl)c1Cl)c1ccccc1. The van der Waals surface area contributed by atoms with Crippen LogP contribution in [0, 0.1) is 0 Å². The Labute approximate surface area is 166 Å². The summed E-state index contributed by atoms with van der Waals surface area (Å²) in [6, 6.07) is 10.7. The Kier molecular flexibility index (Phi) is 7.23. The van der Waals surface area contributed by atoms with Crippen LogP contribution >= 0.6 is 46.4 Å². The summed E-state index contributed by atoms with van der Waals surface area (Å²) >= 11 is 24.2. The van der Waals surface area contributed by atoms with Crippen molar-refractivity contribution in [3.05, 3.63) is 56.5 Å². The molecule has 2 N–H and O–H groups in total. The molecule has 2 aromatic rings. The summed E-state index contributed by atoms with van der Waals surface area (Å²) in [4.78, 5) is 14.2. The molecule has 0 heterocycles. The summed E-state index contributed by atoms with van der Waals surface area (Å²) in [6.07, 6.45) is -0.610. The number of carbonyl (C=O) groups is 1. The van der Waals surface area contributed by atoms with E-state index in [-0.39, 0.29) is 44.8 Å². The van der Waals surface area contributed by atoms with E-state index in [0.717, 1.165) is 5.69 Å². The number of hydrogen-bond donors (Lipinski definition) is 2. The fourth-order valence-corrected chi connectivity index (χ4v) is 3.16. The molecule has 2 rings (SSSR count). The first-order chi connectivity index (χ1) is 11.8. The summed E-state index contributed by atoms with van der Waals surface area (Å²) in [7, 11) is 0. The van der Waals surface area contributed by atoms with E-state index in [1.54, 1.807) is 11.8 Å². The van der Waals surface area contributed by atoms with Crippen LogP contribution in [0.2, 0.25) is 20.1 Å². The number of nitrogens with one attached hydrogen (secondary N) is 1. The lowest BCUT2D eigenvalue weighted by Gasteiger charge is -2.25. The highest BCUT2D eigenvalue weighted by molar-refractivity contribution is 6.50. The van der Waals surface area contributed by atoms with Gasteiger partial charge in [0.05, 0.1) is 38.4 Å². The molecule has 2 aromatic carbocycles. The first-order valence-corrected chi connectivity index (χ1v) is 8.91. The van der Waals surface area contributed by atoms with Crippen molar-refractivity contribution in [3.63, 3.8) is 0 Å². The molecule has 0 saturated carbocycles. The van der Waals surface area contributed by atoms with Gasteiger partial charge in [0.25, 0.3) is 0 Å². The molecule has 4 nitrogen and oxygen atoms in total. The van der Waals surface area contributed by atoms with Gasteiger partial charge in [0.1, 0.15) is 0 Å². The maximum absolute atomic E-state index is 12.5. The number of nitrogens with zero attached hydrogens (tertiary/aromatic N) is 1. The zero-order chi connectivity index (χ0) is 18.6. The molecule has 0 fully saturated rings. The predicted octanol–water partition coefficient (Wildman–Crippen LogP) is 5.13. The Bertz CT molecular complexity index is 728. The second-order valence-electron chi connectivity index (χ2n) is 5.46. The molecule has 8 heteroatoms. The third-order valence-corrected chi connectivity index (χ3v) is 4.89.